The smallest absolute Gasteiger partial charge is 0.335 e. The van der Waals surface area contributed by atoms with Crippen molar-refractivity contribution in [3.05, 3.63) is 89.0 Å². The number of carbonyl (C=O) groups is 2. The van der Waals surface area contributed by atoms with Crippen LogP contribution in [0, 0.1) is 0 Å². The summed E-state index contributed by atoms with van der Waals surface area (Å²) in [5, 5.41) is 23.7. The summed E-state index contributed by atoms with van der Waals surface area (Å²) in [4.78, 5) is 28.5. The number of nitrogens with zero attached hydrogens (tertiary/aromatic N) is 6. The minimum atomic E-state index is -0.953. The lowest BCUT2D eigenvalue weighted by Gasteiger charge is -2.13. The molecule has 0 atom stereocenters. The zero-order valence-corrected chi connectivity index (χ0v) is 18.8. The van der Waals surface area contributed by atoms with E-state index in [0.29, 0.717) is 18.7 Å². The van der Waals surface area contributed by atoms with Gasteiger partial charge in [-0.1, -0.05) is 48.8 Å². The number of benzene rings is 2. The van der Waals surface area contributed by atoms with Crippen molar-refractivity contribution in [2.45, 2.75) is 39.3 Å². The van der Waals surface area contributed by atoms with E-state index in [4.69, 9.17) is 5.11 Å². The van der Waals surface area contributed by atoms with Gasteiger partial charge < -0.3 is 15.0 Å². The topological polar surface area (TPSA) is 128 Å². The van der Waals surface area contributed by atoms with Gasteiger partial charge in [0.25, 0.3) is 11.9 Å². The van der Waals surface area contributed by atoms with E-state index in [1.165, 1.54) is 0 Å². The van der Waals surface area contributed by atoms with E-state index < -0.39 is 5.97 Å². The van der Waals surface area contributed by atoms with E-state index in [0.717, 1.165) is 41.0 Å². The van der Waals surface area contributed by atoms with Crippen molar-refractivity contribution >= 4 is 17.8 Å². The summed E-state index contributed by atoms with van der Waals surface area (Å²) in [6.07, 6.45) is 4.68. The van der Waals surface area contributed by atoms with E-state index in [-0.39, 0.29) is 17.4 Å². The van der Waals surface area contributed by atoms with Crippen LogP contribution in [-0.2, 0) is 19.5 Å². The fraction of sp³-hybridized carbons (Fsp3) is 0.250. The number of unbranched alkanes of at least 4 members (excludes halogenated alkanes) is 1. The maximum Gasteiger partial charge on any atom is 0.335 e. The van der Waals surface area contributed by atoms with Crippen molar-refractivity contribution in [1.82, 2.24) is 29.8 Å². The van der Waals surface area contributed by atoms with Gasteiger partial charge in [0.05, 0.1) is 24.0 Å². The molecule has 0 aliphatic heterocycles. The van der Waals surface area contributed by atoms with Crippen molar-refractivity contribution in [1.29, 1.82) is 0 Å². The Labute approximate surface area is 196 Å². The summed E-state index contributed by atoms with van der Waals surface area (Å²) < 4.78 is 3.24. The Hall–Kier alpha value is -4.34. The third-order valence-corrected chi connectivity index (χ3v) is 5.43. The molecule has 2 N–H and O–H groups in total. The Morgan fingerprint density at radius 3 is 2.50 bits per heavy atom. The number of imidazole rings is 1. The van der Waals surface area contributed by atoms with Crippen molar-refractivity contribution in [2.75, 3.05) is 5.32 Å². The molecule has 0 fully saturated rings. The fourth-order valence-electron chi connectivity index (χ4n) is 3.56. The first-order chi connectivity index (χ1) is 16.6. The van der Waals surface area contributed by atoms with Crippen LogP contribution in [0.15, 0.2) is 60.8 Å². The first-order valence-electron chi connectivity index (χ1n) is 11.0. The van der Waals surface area contributed by atoms with Gasteiger partial charge in [-0.15, -0.1) is 4.68 Å². The lowest BCUT2D eigenvalue weighted by molar-refractivity contribution is 0.0696. The zero-order valence-electron chi connectivity index (χ0n) is 18.8. The number of hydrogen-bond donors (Lipinski definition) is 2. The highest BCUT2D eigenvalue weighted by Crippen LogP contribution is 2.15. The molecule has 4 aromatic rings. The third-order valence-electron chi connectivity index (χ3n) is 5.43. The molecule has 0 aliphatic carbocycles. The molecule has 0 aliphatic rings. The van der Waals surface area contributed by atoms with Gasteiger partial charge in [-0.2, -0.15) is 0 Å². The number of aromatic nitrogens is 6. The summed E-state index contributed by atoms with van der Waals surface area (Å²) in [6.45, 7) is 3.03. The number of aromatic carboxylic acids is 1. The number of aryl methyl sites for hydroxylation is 1. The highest BCUT2D eigenvalue weighted by Gasteiger charge is 2.17. The summed E-state index contributed by atoms with van der Waals surface area (Å²) in [5.41, 5.74) is 2.59. The molecule has 2 aromatic heterocycles. The van der Waals surface area contributed by atoms with Crippen molar-refractivity contribution in [3.63, 3.8) is 0 Å². The van der Waals surface area contributed by atoms with Gasteiger partial charge in [-0.25, -0.2) is 9.78 Å². The number of carboxylic acid groups (broad SMARTS) is 1. The molecule has 0 bridgehead atoms. The monoisotopic (exact) mass is 459 g/mol. The molecule has 0 saturated heterocycles. The molecule has 0 radical (unpaired) electrons. The zero-order chi connectivity index (χ0) is 23.9. The van der Waals surface area contributed by atoms with Crippen LogP contribution in [0.25, 0.3) is 0 Å². The number of rotatable bonds is 10. The van der Waals surface area contributed by atoms with Gasteiger partial charge in [0, 0.05) is 18.5 Å². The fourth-order valence-corrected chi connectivity index (χ4v) is 3.56. The molecule has 0 saturated carbocycles. The maximum atomic E-state index is 12.8. The minimum Gasteiger partial charge on any atom is -0.478 e. The molecule has 34 heavy (non-hydrogen) atoms. The number of anilines is 1. The van der Waals surface area contributed by atoms with Gasteiger partial charge in [0.1, 0.15) is 5.82 Å². The molecule has 4 rings (SSSR count). The highest BCUT2D eigenvalue weighted by atomic mass is 16.4. The Balaban J connectivity index is 1.54. The van der Waals surface area contributed by atoms with Gasteiger partial charge in [0.15, 0.2) is 0 Å². The van der Waals surface area contributed by atoms with Gasteiger partial charge in [-0.3, -0.25) is 4.79 Å². The summed E-state index contributed by atoms with van der Waals surface area (Å²) in [5.74, 6) is -0.0994. The molecule has 10 nitrogen and oxygen atoms in total. The number of carbonyl (C=O) groups excluding carboxylic acids is 1. The standard InChI is InChI=1S/C24H25N7O3/c1-2-3-9-21-25-14-20(30(21)16-17-10-12-19(13-11-17)23(33)34)15-26-24-27-28-29-31(24)22(32)18-7-5-4-6-8-18/h4-8,10-14H,2-3,9,15-16H2,1H3,(H,33,34)(H,26,27,29). The molecule has 0 amide bonds. The predicted molar refractivity (Wildman–Crippen MR) is 125 cm³/mol. The molecular weight excluding hydrogens is 434 g/mol. The highest BCUT2D eigenvalue weighted by molar-refractivity contribution is 5.96. The lowest BCUT2D eigenvalue weighted by Crippen LogP contribution is -2.18. The number of tetrazole rings is 1. The second-order valence-electron chi connectivity index (χ2n) is 7.80. The first-order valence-corrected chi connectivity index (χ1v) is 11.0. The molecule has 174 valence electrons. The van der Waals surface area contributed by atoms with Crippen molar-refractivity contribution in [2.24, 2.45) is 0 Å². The Bertz CT molecular complexity index is 1260. The molecule has 2 aromatic carbocycles. The first kappa shape index (κ1) is 22.8. The largest absolute Gasteiger partial charge is 0.478 e. The third kappa shape index (κ3) is 5.17. The number of hydrogen-bond acceptors (Lipinski definition) is 7. The number of carboxylic acids is 1. The lowest BCUT2D eigenvalue weighted by atomic mass is 10.1. The van der Waals surface area contributed by atoms with Crippen LogP contribution in [0.1, 0.15) is 57.6 Å². The summed E-state index contributed by atoms with van der Waals surface area (Å²) >= 11 is 0. The van der Waals surface area contributed by atoms with Crippen LogP contribution in [0.5, 0.6) is 0 Å². The van der Waals surface area contributed by atoms with Crippen molar-refractivity contribution < 1.29 is 14.7 Å². The van der Waals surface area contributed by atoms with Crippen LogP contribution in [0.2, 0.25) is 0 Å². The molecular formula is C24H25N7O3. The molecule has 10 heteroatoms. The van der Waals surface area contributed by atoms with Crippen LogP contribution in [-0.4, -0.2) is 46.7 Å². The Morgan fingerprint density at radius 1 is 1.03 bits per heavy atom. The average molecular weight is 460 g/mol. The summed E-state index contributed by atoms with van der Waals surface area (Å²) in [6, 6.07) is 15.6. The van der Waals surface area contributed by atoms with Crippen LogP contribution in [0.3, 0.4) is 0 Å². The van der Waals surface area contributed by atoms with E-state index in [2.05, 4.69) is 37.3 Å². The van der Waals surface area contributed by atoms with Crippen LogP contribution >= 0.6 is 0 Å². The maximum absolute atomic E-state index is 12.8. The van der Waals surface area contributed by atoms with Gasteiger partial charge in [-0.05, 0) is 46.7 Å². The SMILES string of the molecule is CCCCc1ncc(CNc2nnnn2C(=O)c2ccccc2)n1Cc1ccc(C(=O)O)cc1. The predicted octanol–water partition coefficient (Wildman–Crippen LogP) is 3.26. The van der Waals surface area contributed by atoms with E-state index in [9.17, 15) is 9.59 Å². The summed E-state index contributed by atoms with van der Waals surface area (Å²) in [7, 11) is 0. The second-order valence-corrected chi connectivity index (χ2v) is 7.80. The van der Waals surface area contributed by atoms with Gasteiger partial charge >= 0.3 is 5.97 Å². The Morgan fingerprint density at radius 2 is 1.79 bits per heavy atom. The van der Waals surface area contributed by atoms with Crippen molar-refractivity contribution in [3.8, 4) is 0 Å². The minimum absolute atomic E-state index is 0.238. The Kier molecular flexibility index (Phi) is 7.07. The molecule has 0 spiro atoms. The van der Waals surface area contributed by atoms with Crippen LogP contribution < -0.4 is 5.32 Å². The van der Waals surface area contributed by atoms with E-state index in [1.54, 1.807) is 42.6 Å². The second kappa shape index (κ2) is 10.5. The van der Waals surface area contributed by atoms with E-state index >= 15 is 0 Å². The molecule has 0 unspecified atom stereocenters. The van der Waals surface area contributed by atoms with Crippen LogP contribution in [0.4, 0.5) is 5.95 Å². The van der Waals surface area contributed by atoms with E-state index in [1.807, 2.05) is 18.2 Å². The average Bonchev–Trinajstić information content (AvgIpc) is 3.48. The number of nitrogens with one attached hydrogen (secondary N) is 1. The normalized spacial score (nSPS) is 10.9. The quantitative estimate of drug-likeness (QED) is 0.346. The molecule has 2 heterocycles. The van der Waals surface area contributed by atoms with Gasteiger partial charge in [0.2, 0.25) is 0 Å².